The van der Waals surface area contributed by atoms with Crippen molar-refractivity contribution in [2.75, 3.05) is 27.9 Å². The lowest BCUT2D eigenvalue weighted by Crippen LogP contribution is -2.45. The van der Waals surface area contributed by atoms with E-state index in [0.29, 0.717) is 23.6 Å². The summed E-state index contributed by atoms with van der Waals surface area (Å²) in [6, 6.07) is 13.4. The van der Waals surface area contributed by atoms with Crippen molar-refractivity contribution in [3.05, 3.63) is 59.2 Å². The number of rotatable bonds is 6. The summed E-state index contributed by atoms with van der Waals surface area (Å²) in [4.78, 5) is 12.5. The maximum absolute atomic E-state index is 12.5. The second-order valence-electron chi connectivity index (χ2n) is 6.26. The molecule has 1 aliphatic carbocycles. The Labute approximate surface area is 147 Å². The van der Waals surface area contributed by atoms with Gasteiger partial charge in [-0.2, -0.15) is 0 Å². The highest BCUT2D eigenvalue weighted by atomic mass is 16.5. The number of carbonyl (C=O) groups is 1. The zero-order chi connectivity index (χ0) is 17.9. The molecule has 5 heteroatoms. The zero-order valence-electron chi connectivity index (χ0n) is 14.8. The predicted molar refractivity (Wildman–Crippen MR) is 95.5 cm³/mol. The summed E-state index contributed by atoms with van der Waals surface area (Å²) in [5.74, 6) is 0.969. The average molecular weight is 341 g/mol. The topological polar surface area (TPSA) is 56.8 Å². The summed E-state index contributed by atoms with van der Waals surface area (Å²) in [6.45, 7) is 0.450. The van der Waals surface area contributed by atoms with Crippen LogP contribution in [0.1, 0.15) is 21.5 Å². The number of amides is 1. The molecule has 1 amide bonds. The van der Waals surface area contributed by atoms with Gasteiger partial charge in [-0.15, -0.1) is 0 Å². The lowest BCUT2D eigenvalue weighted by Gasteiger charge is -2.27. The van der Waals surface area contributed by atoms with E-state index in [9.17, 15) is 4.79 Å². The molecule has 1 aliphatic rings. The van der Waals surface area contributed by atoms with E-state index in [0.717, 1.165) is 12.8 Å². The van der Waals surface area contributed by atoms with Crippen LogP contribution in [-0.4, -0.2) is 39.4 Å². The standard InChI is InChI=1S/C20H23NO4/c1-23-17-9-8-14(10-18(17)24-2)19(22)21-13-20(25-3)11-15-6-4-5-7-16(15)12-20/h4-10H,11-13H2,1-3H3,(H,21,22). The van der Waals surface area contributed by atoms with Gasteiger partial charge in [-0.1, -0.05) is 24.3 Å². The molecule has 0 heterocycles. The van der Waals surface area contributed by atoms with E-state index in [2.05, 4.69) is 17.4 Å². The second kappa shape index (κ2) is 7.15. The summed E-state index contributed by atoms with van der Waals surface area (Å²) >= 11 is 0. The van der Waals surface area contributed by atoms with Crippen LogP contribution in [0.25, 0.3) is 0 Å². The fourth-order valence-electron chi connectivity index (χ4n) is 3.32. The summed E-state index contributed by atoms with van der Waals surface area (Å²) in [5.41, 5.74) is 2.70. The van der Waals surface area contributed by atoms with Crippen LogP contribution in [0.4, 0.5) is 0 Å². The van der Waals surface area contributed by atoms with Crippen LogP contribution in [0.15, 0.2) is 42.5 Å². The summed E-state index contributed by atoms with van der Waals surface area (Å²) in [7, 11) is 4.82. The minimum absolute atomic E-state index is 0.159. The van der Waals surface area contributed by atoms with Crippen LogP contribution >= 0.6 is 0 Å². The molecule has 5 nitrogen and oxygen atoms in total. The second-order valence-corrected chi connectivity index (χ2v) is 6.26. The molecule has 2 aromatic carbocycles. The largest absolute Gasteiger partial charge is 0.493 e. The Morgan fingerprint density at radius 2 is 1.64 bits per heavy atom. The van der Waals surface area contributed by atoms with Crippen molar-refractivity contribution in [1.82, 2.24) is 5.32 Å². The number of carbonyl (C=O) groups excluding carboxylic acids is 1. The Bertz CT molecular complexity index is 747. The van der Waals surface area contributed by atoms with Crippen LogP contribution in [0.5, 0.6) is 11.5 Å². The van der Waals surface area contributed by atoms with Crippen molar-refractivity contribution < 1.29 is 19.0 Å². The number of hydrogen-bond acceptors (Lipinski definition) is 4. The molecule has 0 spiro atoms. The van der Waals surface area contributed by atoms with Crippen LogP contribution in [-0.2, 0) is 17.6 Å². The van der Waals surface area contributed by atoms with Crippen molar-refractivity contribution in [3.8, 4) is 11.5 Å². The molecule has 2 aromatic rings. The molecule has 25 heavy (non-hydrogen) atoms. The van der Waals surface area contributed by atoms with Gasteiger partial charge in [0.1, 0.15) is 0 Å². The molecule has 1 N–H and O–H groups in total. The lowest BCUT2D eigenvalue weighted by atomic mass is 10.00. The summed E-state index contributed by atoms with van der Waals surface area (Å²) in [5, 5.41) is 3.00. The molecule has 0 saturated carbocycles. The molecule has 0 aromatic heterocycles. The minimum Gasteiger partial charge on any atom is -0.493 e. The van der Waals surface area contributed by atoms with Gasteiger partial charge in [-0.05, 0) is 29.3 Å². The van der Waals surface area contributed by atoms with Gasteiger partial charge in [0.15, 0.2) is 11.5 Å². The number of methoxy groups -OCH3 is 3. The number of ether oxygens (including phenoxy) is 3. The highest BCUT2D eigenvalue weighted by Crippen LogP contribution is 2.32. The Morgan fingerprint density at radius 1 is 1.00 bits per heavy atom. The van der Waals surface area contributed by atoms with E-state index in [4.69, 9.17) is 14.2 Å². The van der Waals surface area contributed by atoms with Crippen LogP contribution in [0.3, 0.4) is 0 Å². The number of fused-ring (bicyclic) bond motifs is 1. The molecule has 0 atom stereocenters. The molecule has 0 fully saturated rings. The van der Waals surface area contributed by atoms with Gasteiger partial charge in [-0.25, -0.2) is 0 Å². The molecular weight excluding hydrogens is 318 g/mol. The van der Waals surface area contributed by atoms with Gasteiger partial charge < -0.3 is 19.5 Å². The third kappa shape index (κ3) is 3.46. The molecular formula is C20H23NO4. The molecule has 0 aliphatic heterocycles. The van der Waals surface area contributed by atoms with Crippen molar-refractivity contribution in [2.24, 2.45) is 0 Å². The van der Waals surface area contributed by atoms with Crippen LogP contribution in [0.2, 0.25) is 0 Å². The van der Waals surface area contributed by atoms with Gasteiger partial charge in [0.2, 0.25) is 0 Å². The fourth-order valence-corrected chi connectivity index (χ4v) is 3.32. The quantitative estimate of drug-likeness (QED) is 0.877. The fraction of sp³-hybridized carbons (Fsp3) is 0.350. The Hall–Kier alpha value is -2.53. The monoisotopic (exact) mass is 341 g/mol. The van der Waals surface area contributed by atoms with Crippen molar-refractivity contribution >= 4 is 5.91 Å². The van der Waals surface area contributed by atoms with Crippen LogP contribution < -0.4 is 14.8 Å². The van der Waals surface area contributed by atoms with Gasteiger partial charge in [0.05, 0.1) is 19.8 Å². The Kier molecular flexibility index (Phi) is 4.95. The zero-order valence-corrected chi connectivity index (χ0v) is 14.8. The lowest BCUT2D eigenvalue weighted by molar-refractivity contribution is 0.000175. The Morgan fingerprint density at radius 3 is 2.20 bits per heavy atom. The third-order valence-electron chi connectivity index (χ3n) is 4.79. The highest BCUT2D eigenvalue weighted by molar-refractivity contribution is 5.95. The first kappa shape index (κ1) is 17.3. The van der Waals surface area contributed by atoms with E-state index < -0.39 is 5.60 Å². The summed E-state index contributed by atoms with van der Waals surface area (Å²) in [6.07, 6.45) is 1.60. The van der Waals surface area contributed by atoms with Gasteiger partial charge in [-0.3, -0.25) is 4.79 Å². The minimum atomic E-state index is -0.393. The SMILES string of the molecule is COc1ccc(C(=O)NCC2(OC)Cc3ccccc3C2)cc1OC. The summed E-state index contributed by atoms with van der Waals surface area (Å²) < 4.78 is 16.3. The molecule has 0 unspecified atom stereocenters. The highest BCUT2D eigenvalue weighted by Gasteiger charge is 2.37. The smallest absolute Gasteiger partial charge is 0.251 e. The Balaban J connectivity index is 1.70. The van der Waals surface area contributed by atoms with Gasteiger partial charge in [0, 0.05) is 32.1 Å². The maximum Gasteiger partial charge on any atom is 0.251 e. The first-order valence-corrected chi connectivity index (χ1v) is 8.23. The first-order valence-electron chi connectivity index (χ1n) is 8.23. The van der Waals surface area contributed by atoms with Crippen molar-refractivity contribution in [2.45, 2.75) is 18.4 Å². The number of hydrogen-bond donors (Lipinski definition) is 1. The van der Waals surface area contributed by atoms with Gasteiger partial charge in [0.25, 0.3) is 5.91 Å². The van der Waals surface area contributed by atoms with E-state index in [1.165, 1.54) is 11.1 Å². The van der Waals surface area contributed by atoms with Gasteiger partial charge >= 0.3 is 0 Å². The molecule has 3 rings (SSSR count). The normalized spacial score (nSPS) is 14.7. The molecule has 132 valence electrons. The molecule has 0 saturated heterocycles. The van der Waals surface area contributed by atoms with Crippen molar-refractivity contribution in [1.29, 1.82) is 0 Å². The first-order chi connectivity index (χ1) is 12.1. The van der Waals surface area contributed by atoms with E-state index in [1.807, 2.05) is 12.1 Å². The number of nitrogens with one attached hydrogen (secondary N) is 1. The molecule has 0 bridgehead atoms. The van der Waals surface area contributed by atoms with Crippen molar-refractivity contribution in [3.63, 3.8) is 0 Å². The maximum atomic E-state index is 12.5. The third-order valence-corrected chi connectivity index (χ3v) is 4.79. The van der Waals surface area contributed by atoms with E-state index >= 15 is 0 Å². The average Bonchev–Trinajstić information content (AvgIpc) is 3.04. The van der Waals surface area contributed by atoms with Crippen LogP contribution in [0, 0.1) is 0 Å². The van der Waals surface area contributed by atoms with E-state index in [1.54, 1.807) is 39.5 Å². The molecule has 0 radical (unpaired) electrons. The predicted octanol–water partition coefficient (Wildman–Crippen LogP) is 2.62. The number of benzene rings is 2. The van der Waals surface area contributed by atoms with E-state index in [-0.39, 0.29) is 5.91 Å².